The van der Waals surface area contributed by atoms with Crippen LogP contribution in [0.3, 0.4) is 0 Å². The summed E-state index contributed by atoms with van der Waals surface area (Å²) in [5, 5.41) is -0.808. The zero-order valence-electron chi connectivity index (χ0n) is 20.2. The molecule has 0 bridgehead atoms. The van der Waals surface area contributed by atoms with E-state index in [1.807, 2.05) is 39.2 Å². The summed E-state index contributed by atoms with van der Waals surface area (Å²) in [4.78, 5) is 24.8. The summed E-state index contributed by atoms with van der Waals surface area (Å²) in [7, 11) is 9.62. The monoisotopic (exact) mass is 475 g/mol. The number of hydrogen-bond donors (Lipinski definition) is 0. The number of benzene rings is 2. The van der Waals surface area contributed by atoms with Crippen molar-refractivity contribution < 1.29 is 27.4 Å². The lowest BCUT2D eigenvalue weighted by Crippen LogP contribution is -2.55. The number of hydrogen-bond acceptors (Lipinski definition) is 5. The van der Waals surface area contributed by atoms with Crippen LogP contribution in [0.2, 0.25) is 0 Å². The molecule has 0 spiro atoms. The average molecular weight is 474 g/mol. The Balaban J connectivity index is 1.68. The number of rotatable bonds is 4. The Morgan fingerprint density at radius 2 is 1.54 bits per heavy atom. The minimum absolute atomic E-state index is 0.235. The first kappa shape index (κ1) is 24.8. The molecule has 1 aliphatic rings. The molecule has 0 aliphatic carbocycles. The number of alkyl halides is 3. The number of fused-ring (bicyclic) bond motifs is 1. The molecule has 1 amide bonds. The maximum absolute atomic E-state index is 13.7. The third kappa shape index (κ3) is 5.06. The summed E-state index contributed by atoms with van der Waals surface area (Å²) in [6, 6.07) is 10.7. The summed E-state index contributed by atoms with van der Waals surface area (Å²) < 4.78 is 47.2. The Bertz CT molecular complexity index is 1270. The summed E-state index contributed by atoms with van der Waals surface area (Å²) in [6.45, 7) is 0.642. The number of aromatic nitrogens is 2. The van der Waals surface area contributed by atoms with E-state index in [4.69, 9.17) is 4.74 Å². The molecular formula is C21H21B5F3N3O3. The molecule has 2 heterocycles. The van der Waals surface area contributed by atoms with Crippen LogP contribution in [0, 0.1) is 0 Å². The lowest BCUT2D eigenvalue weighted by Gasteiger charge is -2.37. The molecule has 2 aromatic carbocycles. The Morgan fingerprint density at radius 1 is 0.943 bits per heavy atom. The first-order valence-electron chi connectivity index (χ1n) is 11.1. The third-order valence-corrected chi connectivity index (χ3v) is 6.30. The Labute approximate surface area is 205 Å². The van der Waals surface area contributed by atoms with E-state index in [-0.39, 0.29) is 11.7 Å². The fourth-order valence-corrected chi connectivity index (χ4v) is 4.05. The van der Waals surface area contributed by atoms with Crippen molar-refractivity contribution in [3.05, 3.63) is 53.9 Å². The van der Waals surface area contributed by atoms with Gasteiger partial charge in [0.2, 0.25) is 0 Å². The fourth-order valence-electron chi connectivity index (χ4n) is 4.05. The summed E-state index contributed by atoms with van der Waals surface area (Å²) >= 11 is 0. The number of amides is 1. The van der Waals surface area contributed by atoms with Gasteiger partial charge in [-0.3, -0.25) is 4.79 Å². The molecule has 0 unspecified atom stereocenters. The van der Waals surface area contributed by atoms with Gasteiger partial charge in [0.1, 0.15) is 47.5 Å². The van der Waals surface area contributed by atoms with Crippen LogP contribution >= 0.6 is 0 Å². The quantitative estimate of drug-likeness (QED) is 0.372. The zero-order chi connectivity index (χ0) is 25.5. The van der Waals surface area contributed by atoms with E-state index in [1.165, 1.54) is 24.3 Å². The standard InChI is InChI=1S/C21H21B5F3N3O3/c22-15-16(23)30-19(31-17(15)24)20(25,26)32-7-8-34-14-6-3-11(9-13(14)18(32)33)10-1-4-12(5-2-10)35-21(27,28)29/h1-6,9H,7-8,22-26H2. The molecule has 35 heavy (non-hydrogen) atoms. The minimum atomic E-state index is -4.76. The van der Waals surface area contributed by atoms with Gasteiger partial charge in [-0.25, -0.2) is 9.97 Å². The van der Waals surface area contributed by atoms with Crippen LogP contribution in [0.25, 0.3) is 11.1 Å². The van der Waals surface area contributed by atoms with Crippen molar-refractivity contribution in [2.45, 2.75) is 11.7 Å². The van der Waals surface area contributed by atoms with Gasteiger partial charge in [-0.05, 0) is 46.6 Å². The van der Waals surface area contributed by atoms with Crippen LogP contribution in [0.1, 0.15) is 16.2 Å². The maximum Gasteiger partial charge on any atom is 0.573 e. The molecule has 0 saturated heterocycles. The van der Waals surface area contributed by atoms with Gasteiger partial charge >= 0.3 is 6.36 Å². The summed E-state index contributed by atoms with van der Waals surface area (Å²) in [5.74, 6) is 0.449. The average Bonchev–Trinajstić information content (AvgIpc) is 2.95. The van der Waals surface area contributed by atoms with Gasteiger partial charge in [-0.15, -0.1) is 13.2 Å². The van der Waals surface area contributed by atoms with E-state index in [9.17, 15) is 18.0 Å². The van der Waals surface area contributed by atoms with Gasteiger partial charge in [-0.1, -0.05) is 23.7 Å². The summed E-state index contributed by atoms with van der Waals surface area (Å²) in [6.07, 6.45) is -4.76. The highest BCUT2D eigenvalue weighted by Crippen LogP contribution is 2.33. The highest BCUT2D eigenvalue weighted by Gasteiger charge is 2.38. The number of carbonyl (C=O) groups excluding carboxylic acids is 1. The minimum Gasteiger partial charge on any atom is -0.491 e. The topological polar surface area (TPSA) is 64.6 Å². The normalized spacial score (nSPS) is 14.1. The number of ether oxygens (including phenoxy) is 2. The number of nitrogens with zero attached hydrogens (tertiary/aromatic N) is 3. The molecule has 0 atom stereocenters. The highest BCUT2D eigenvalue weighted by molar-refractivity contribution is 6.55. The molecular weight excluding hydrogens is 453 g/mol. The van der Waals surface area contributed by atoms with Crippen molar-refractivity contribution in [3.63, 3.8) is 0 Å². The van der Waals surface area contributed by atoms with E-state index in [0.717, 1.165) is 16.6 Å². The van der Waals surface area contributed by atoms with Gasteiger partial charge in [0.05, 0.1) is 12.1 Å². The molecule has 1 aliphatic heterocycles. The molecule has 0 radical (unpaired) electrons. The SMILES string of the molecule is Bc1nc(C(B)(B)N2CCOc3ccc(-c4ccc(OC(F)(F)F)cc4)cc3C2=O)nc(B)c1B. The molecule has 14 heteroatoms. The maximum atomic E-state index is 13.7. The smallest absolute Gasteiger partial charge is 0.491 e. The van der Waals surface area contributed by atoms with Gasteiger partial charge in [0, 0.05) is 5.34 Å². The molecule has 1 aromatic heterocycles. The van der Waals surface area contributed by atoms with Crippen molar-refractivity contribution in [2.75, 3.05) is 13.2 Å². The van der Waals surface area contributed by atoms with Crippen molar-refractivity contribution in [3.8, 4) is 22.6 Å². The molecule has 6 nitrogen and oxygen atoms in total. The fraction of sp³-hybridized carbons (Fsp3) is 0.190. The van der Waals surface area contributed by atoms with E-state index in [1.54, 1.807) is 23.1 Å². The van der Waals surface area contributed by atoms with E-state index < -0.39 is 11.7 Å². The molecule has 174 valence electrons. The second-order valence-corrected chi connectivity index (χ2v) is 8.99. The van der Waals surface area contributed by atoms with Crippen molar-refractivity contribution in [1.82, 2.24) is 14.9 Å². The molecule has 4 rings (SSSR count). The van der Waals surface area contributed by atoms with Crippen LogP contribution < -0.4 is 26.1 Å². The predicted molar refractivity (Wildman–Crippen MR) is 140 cm³/mol. The lowest BCUT2D eigenvalue weighted by molar-refractivity contribution is -0.274. The second-order valence-electron chi connectivity index (χ2n) is 8.99. The van der Waals surface area contributed by atoms with Crippen molar-refractivity contribution in [2.24, 2.45) is 0 Å². The Kier molecular flexibility index (Phi) is 6.42. The largest absolute Gasteiger partial charge is 0.573 e. The number of halogens is 3. The highest BCUT2D eigenvalue weighted by atomic mass is 19.4. The van der Waals surface area contributed by atoms with Crippen LogP contribution in [0.4, 0.5) is 13.2 Å². The van der Waals surface area contributed by atoms with Crippen molar-refractivity contribution in [1.29, 1.82) is 0 Å². The van der Waals surface area contributed by atoms with Gasteiger partial charge in [0.15, 0.2) is 15.7 Å². The van der Waals surface area contributed by atoms with Crippen LogP contribution in [0.5, 0.6) is 11.5 Å². The van der Waals surface area contributed by atoms with Crippen molar-refractivity contribution >= 4 is 61.8 Å². The summed E-state index contributed by atoms with van der Waals surface area (Å²) in [5.41, 5.74) is 4.40. The Morgan fingerprint density at radius 3 is 2.14 bits per heavy atom. The molecule has 0 saturated carbocycles. The van der Waals surface area contributed by atoms with Crippen LogP contribution in [-0.2, 0) is 5.34 Å². The second kappa shape index (κ2) is 9.05. The first-order valence-corrected chi connectivity index (χ1v) is 11.1. The van der Waals surface area contributed by atoms with E-state index in [0.29, 0.717) is 41.4 Å². The Hall–Kier alpha value is -3.30. The molecule has 0 N–H and O–H groups in total. The van der Waals surface area contributed by atoms with Gasteiger partial charge in [0.25, 0.3) is 5.91 Å². The van der Waals surface area contributed by atoms with E-state index in [2.05, 4.69) is 14.7 Å². The predicted octanol–water partition coefficient (Wildman–Crippen LogP) is -3.27. The van der Waals surface area contributed by atoms with Crippen LogP contribution in [-0.4, -0.2) is 79.5 Å². The zero-order valence-corrected chi connectivity index (χ0v) is 20.2. The van der Waals surface area contributed by atoms with Crippen LogP contribution in [0.15, 0.2) is 42.5 Å². The van der Waals surface area contributed by atoms with Gasteiger partial charge in [-0.2, -0.15) is 0 Å². The molecule has 3 aromatic rings. The first-order chi connectivity index (χ1) is 16.4. The molecule has 0 fully saturated rings. The third-order valence-electron chi connectivity index (χ3n) is 6.30. The number of carbonyl (C=O) groups is 1. The lowest BCUT2D eigenvalue weighted by atomic mass is 9.59. The van der Waals surface area contributed by atoms with E-state index >= 15 is 0 Å². The van der Waals surface area contributed by atoms with Gasteiger partial charge < -0.3 is 14.4 Å².